The molecule has 0 saturated heterocycles. The summed E-state index contributed by atoms with van der Waals surface area (Å²) in [5.41, 5.74) is 6.70. The maximum atomic E-state index is 12.7. The summed E-state index contributed by atoms with van der Waals surface area (Å²) in [4.78, 5) is 11.7. The molecule has 104 valence electrons. The highest BCUT2D eigenvalue weighted by Gasteiger charge is 2.05. The van der Waals surface area contributed by atoms with Gasteiger partial charge in [-0.3, -0.25) is 4.79 Å². The smallest absolute Gasteiger partial charge is 0.262 e. The van der Waals surface area contributed by atoms with E-state index in [-0.39, 0.29) is 18.3 Å². The van der Waals surface area contributed by atoms with Crippen molar-refractivity contribution in [3.8, 4) is 5.75 Å². The molecule has 0 spiro atoms. The molecule has 0 aliphatic rings. The zero-order chi connectivity index (χ0) is 14.5. The highest BCUT2D eigenvalue weighted by atomic mass is 79.9. The average Bonchev–Trinajstić information content (AvgIpc) is 2.38. The Kier molecular flexibility index (Phi) is 4.57. The topological polar surface area (TPSA) is 64.3 Å². The SMILES string of the molecule is Nc1cc(Br)cc(OCC(=O)Nc2ccc(F)cc2)c1. The fourth-order valence-electron chi connectivity index (χ4n) is 1.55. The Balaban J connectivity index is 1.90. The van der Waals surface area contributed by atoms with E-state index >= 15 is 0 Å². The molecule has 3 N–H and O–H groups in total. The lowest BCUT2D eigenvalue weighted by Gasteiger charge is -2.08. The number of amides is 1. The standard InChI is InChI=1S/C14H12BrFN2O2/c15-9-5-11(17)7-13(6-9)20-8-14(19)18-12-3-1-10(16)2-4-12/h1-7H,8,17H2,(H,18,19). The predicted octanol–water partition coefficient (Wildman–Crippen LogP) is 3.19. The van der Waals surface area contributed by atoms with Gasteiger partial charge in [-0.15, -0.1) is 0 Å². The molecule has 2 rings (SSSR count). The highest BCUT2D eigenvalue weighted by Crippen LogP contribution is 2.22. The molecular weight excluding hydrogens is 327 g/mol. The lowest BCUT2D eigenvalue weighted by molar-refractivity contribution is -0.118. The van der Waals surface area contributed by atoms with Gasteiger partial charge in [-0.2, -0.15) is 0 Å². The minimum Gasteiger partial charge on any atom is -0.484 e. The second kappa shape index (κ2) is 6.38. The van der Waals surface area contributed by atoms with Gasteiger partial charge in [0.15, 0.2) is 6.61 Å². The van der Waals surface area contributed by atoms with Crippen LogP contribution in [0.1, 0.15) is 0 Å². The van der Waals surface area contributed by atoms with Gasteiger partial charge in [-0.05, 0) is 36.4 Å². The first-order valence-electron chi connectivity index (χ1n) is 5.77. The molecule has 0 saturated carbocycles. The number of rotatable bonds is 4. The van der Waals surface area contributed by atoms with E-state index in [1.54, 1.807) is 18.2 Å². The molecule has 0 unspecified atom stereocenters. The van der Waals surface area contributed by atoms with Crippen molar-refractivity contribution >= 4 is 33.2 Å². The van der Waals surface area contributed by atoms with Gasteiger partial charge in [0.25, 0.3) is 5.91 Å². The van der Waals surface area contributed by atoms with Gasteiger partial charge in [0.2, 0.25) is 0 Å². The van der Waals surface area contributed by atoms with E-state index in [9.17, 15) is 9.18 Å². The largest absolute Gasteiger partial charge is 0.484 e. The van der Waals surface area contributed by atoms with Crippen LogP contribution in [0.15, 0.2) is 46.9 Å². The zero-order valence-electron chi connectivity index (χ0n) is 10.4. The van der Waals surface area contributed by atoms with Gasteiger partial charge < -0.3 is 15.8 Å². The molecule has 0 bridgehead atoms. The summed E-state index contributed by atoms with van der Waals surface area (Å²) in [5.74, 6) is -0.204. The number of nitrogens with one attached hydrogen (secondary N) is 1. The molecule has 0 aromatic heterocycles. The van der Waals surface area contributed by atoms with Crippen LogP contribution in [-0.2, 0) is 4.79 Å². The molecule has 2 aromatic carbocycles. The fraction of sp³-hybridized carbons (Fsp3) is 0.0714. The molecule has 20 heavy (non-hydrogen) atoms. The molecule has 6 heteroatoms. The van der Waals surface area contributed by atoms with Crippen molar-refractivity contribution in [3.05, 3.63) is 52.8 Å². The van der Waals surface area contributed by atoms with E-state index in [4.69, 9.17) is 10.5 Å². The van der Waals surface area contributed by atoms with Crippen LogP contribution in [0.5, 0.6) is 5.75 Å². The fourth-order valence-corrected chi connectivity index (χ4v) is 2.04. The van der Waals surface area contributed by atoms with Crippen molar-refractivity contribution in [1.82, 2.24) is 0 Å². The second-order valence-electron chi connectivity index (χ2n) is 4.06. The Hall–Kier alpha value is -2.08. The average molecular weight is 339 g/mol. The molecule has 0 fully saturated rings. The number of carbonyl (C=O) groups is 1. The molecule has 0 aliphatic carbocycles. The number of nitrogens with two attached hydrogens (primary N) is 1. The van der Waals surface area contributed by atoms with E-state index in [1.807, 2.05) is 0 Å². The summed E-state index contributed by atoms with van der Waals surface area (Å²) in [6.07, 6.45) is 0. The molecule has 4 nitrogen and oxygen atoms in total. The second-order valence-corrected chi connectivity index (χ2v) is 4.98. The third-order valence-corrected chi connectivity index (χ3v) is 2.85. The van der Waals surface area contributed by atoms with Crippen LogP contribution in [0.4, 0.5) is 15.8 Å². The minimum absolute atomic E-state index is 0.159. The molecule has 2 aromatic rings. The molecule has 0 radical (unpaired) electrons. The number of hydrogen-bond donors (Lipinski definition) is 2. The van der Waals surface area contributed by atoms with E-state index in [1.165, 1.54) is 24.3 Å². The van der Waals surface area contributed by atoms with Crippen LogP contribution < -0.4 is 15.8 Å². The van der Waals surface area contributed by atoms with Gasteiger partial charge in [0.05, 0.1) is 0 Å². The number of benzene rings is 2. The Labute approximate surface area is 123 Å². The van der Waals surface area contributed by atoms with E-state index in [0.717, 1.165) is 4.47 Å². The maximum absolute atomic E-state index is 12.7. The van der Waals surface area contributed by atoms with Crippen molar-refractivity contribution in [1.29, 1.82) is 0 Å². The van der Waals surface area contributed by atoms with Crippen LogP contribution >= 0.6 is 15.9 Å². The van der Waals surface area contributed by atoms with E-state index < -0.39 is 0 Å². The van der Waals surface area contributed by atoms with Crippen molar-refractivity contribution < 1.29 is 13.9 Å². The van der Waals surface area contributed by atoms with Crippen LogP contribution in [-0.4, -0.2) is 12.5 Å². The molecule has 0 aliphatic heterocycles. The Morgan fingerprint density at radius 1 is 1.25 bits per heavy atom. The van der Waals surface area contributed by atoms with Gasteiger partial charge >= 0.3 is 0 Å². The van der Waals surface area contributed by atoms with Crippen molar-refractivity contribution in [3.63, 3.8) is 0 Å². The Morgan fingerprint density at radius 3 is 2.60 bits per heavy atom. The van der Waals surface area contributed by atoms with Crippen LogP contribution in [0.3, 0.4) is 0 Å². The van der Waals surface area contributed by atoms with Crippen LogP contribution in [0.25, 0.3) is 0 Å². The van der Waals surface area contributed by atoms with Gasteiger partial charge in [-0.1, -0.05) is 15.9 Å². The number of anilines is 2. The Morgan fingerprint density at radius 2 is 1.95 bits per heavy atom. The van der Waals surface area contributed by atoms with Crippen LogP contribution in [0, 0.1) is 5.82 Å². The Bertz CT molecular complexity index is 597. The maximum Gasteiger partial charge on any atom is 0.262 e. The first kappa shape index (κ1) is 14.3. The number of ether oxygens (including phenoxy) is 1. The molecule has 0 heterocycles. The quantitative estimate of drug-likeness (QED) is 0.841. The summed E-state index contributed by atoms with van der Waals surface area (Å²) in [6, 6.07) is 10.6. The first-order valence-corrected chi connectivity index (χ1v) is 6.56. The van der Waals surface area contributed by atoms with Crippen molar-refractivity contribution in [2.45, 2.75) is 0 Å². The normalized spacial score (nSPS) is 10.1. The number of nitrogen functional groups attached to an aromatic ring is 1. The predicted molar refractivity (Wildman–Crippen MR) is 79.1 cm³/mol. The molecular formula is C14H12BrFN2O2. The summed E-state index contributed by atoms with van der Waals surface area (Å²) in [6.45, 7) is -0.159. The molecule has 0 atom stereocenters. The lowest BCUT2D eigenvalue weighted by Crippen LogP contribution is -2.20. The first-order chi connectivity index (χ1) is 9.52. The minimum atomic E-state index is -0.358. The summed E-state index contributed by atoms with van der Waals surface area (Å²) >= 11 is 3.28. The van der Waals surface area contributed by atoms with E-state index in [2.05, 4.69) is 21.2 Å². The molecule has 1 amide bonds. The van der Waals surface area contributed by atoms with Gasteiger partial charge in [-0.25, -0.2) is 4.39 Å². The third kappa shape index (κ3) is 4.24. The van der Waals surface area contributed by atoms with Crippen LogP contribution in [0.2, 0.25) is 0 Å². The number of hydrogen-bond acceptors (Lipinski definition) is 3. The zero-order valence-corrected chi connectivity index (χ0v) is 12.0. The monoisotopic (exact) mass is 338 g/mol. The van der Waals surface area contributed by atoms with Crippen molar-refractivity contribution in [2.75, 3.05) is 17.7 Å². The summed E-state index contributed by atoms with van der Waals surface area (Å²) < 4.78 is 18.8. The van der Waals surface area contributed by atoms with Gasteiger partial charge in [0.1, 0.15) is 11.6 Å². The number of halogens is 2. The van der Waals surface area contributed by atoms with E-state index in [0.29, 0.717) is 17.1 Å². The summed E-state index contributed by atoms with van der Waals surface area (Å²) in [5, 5.41) is 2.60. The van der Waals surface area contributed by atoms with Crippen molar-refractivity contribution in [2.24, 2.45) is 0 Å². The third-order valence-electron chi connectivity index (χ3n) is 2.39. The highest BCUT2D eigenvalue weighted by molar-refractivity contribution is 9.10. The summed E-state index contributed by atoms with van der Waals surface area (Å²) in [7, 11) is 0. The lowest BCUT2D eigenvalue weighted by atomic mass is 10.3. The number of carbonyl (C=O) groups excluding carboxylic acids is 1. The van der Waals surface area contributed by atoms with Gasteiger partial charge in [0, 0.05) is 21.9 Å².